The van der Waals surface area contributed by atoms with Gasteiger partial charge in [0.05, 0.1) is 6.20 Å². The second-order valence-corrected chi connectivity index (χ2v) is 3.76. The number of aromatic nitrogens is 2. The van der Waals surface area contributed by atoms with Gasteiger partial charge in [-0.3, -0.25) is 9.59 Å². The van der Waals surface area contributed by atoms with Crippen molar-refractivity contribution in [2.24, 2.45) is 0 Å². The maximum absolute atomic E-state index is 11.6. The first-order valence-corrected chi connectivity index (χ1v) is 5.21. The minimum atomic E-state index is -0.256. The van der Waals surface area contributed by atoms with Crippen LogP contribution < -0.4 is 5.32 Å². The number of amides is 1. The van der Waals surface area contributed by atoms with Gasteiger partial charge in [0.1, 0.15) is 11.2 Å². The molecule has 0 saturated heterocycles. The Kier molecular flexibility index (Phi) is 3.02. The Bertz CT molecular complexity index is 493. The fourth-order valence-corrected chi connectivity index (χ4v) is 1.52. The normalized spacial score (nSPS) is 9.75. The van der Waals surface area contributed by atoms with Crippen LogP contribution in [0.4, 0.5) is 5.69 Å². The van der Waals surface area contributed by atoms with Crippen molar-refractivity contribution in [3.63, 3.8) is 0 Å². The Hall–Kier alpha value is -2.08. The smallest absolute Gasteiger partial charge is 0.269 e. The summed E-state index contributed by atoms with van der Waals surface area (Å²) in [6, 6.07) is 6.59. The average Bonchev–Trinajstić information content (AvgIpc) is 2.83. The molecule has 0 atom stereocenters. The first kappa shape index (κ1) is 10.4. The summed E-state index contributed by atoms with van der Waals surface area (Å²) in [5.41, 5.74) is 1.20. The molecular formula is C10H7N3O2S. The number of benzene rings is 1. The predicted octanol–water partition coefficient (Wildman–Crippen LogP) is 1.60. The van der Waals surface area contributed by atoms with E-state index in [0.717, 1.165) is 17.8 Å². The van der Waals surface area contributed by atoms with Gasteiger partial charge in [0.15, 0.2) is 0 Å². The van der Waals surface area contributed by atoms with Gasteiger partial charge in [0.25, 0.3) is 5.91 Å². The maximum Gasteiger partial charge on any atom is 0.269 e. The highest BCUT2D eigenvalue weighted by molar-refractivity contribution is 7.07. The lowest BCUT2D eigenvalue weighted by Crippen LogP contribution is -2.09. The number of hydrogen-bond acceptors (Lipinski definition) is 5. The standard InChI is InChI=1S/C10H7N3O2S/c14-6-7-1-3-8(4-2-7)12-10(15)9-5-11-13-16-9/h1-6H,(H,12,15). The van der Waals surface area contributed by atoms with Crippen molar-refractivity contribution >= 4 is 29.4 Å². The number of anilines is 1. The zero-order valence-corrected chi connectivity index (χ0v) is 8.90. The molecule has 0 aliphatic rings. The van der Waals surface area contributed by atoms with Crippen molar-refractivity contribution in [2.45, 2.75) is 0 Å². The van der Waals surface area contributed by atoms with Crippen LogP contribution in [0.1, 0.15) is 20.0 Å². The van der Waals surface area contributed by atoms with Gasteiger partial charge in [-0.2, -0.15) is 0 Å². The zero-order chi connectivity index (χ0) is 11.4. The molecule has 1 aromatic heterocycles. The molecule has 0 fully saturated rings. The second-order valence-electron chi connectivity index (χ2n) is 2.98. The number of carbonyl (C=O) groups is 2. The van der Waals surface area contributed by atoms with Crippen molar-refractivity contribution in [1.82, 2.24) is 9.59 Å². The highest BCUT2D eigenvalue weighted by Crippen LogP contribution is 2.11. The number of nitrogens with zero attached hydrogens (tertiary/aromatic N) is 2. The van der Waals surface area contributed by atoms with Crippen LogP contribution in [-0.2, 0) is 0 Å². The summed E-state index contributed by atoms with van der Waals surface area (Å²) in [5, 5.41) is 6.24. The van der Waals surface area contributed by atoms with Gasteiger partial charge < -0.3 is 5.32 Å². The van der Waals surface area contributed by atoms with Crippen LogP contribution in [-0.4, -0.2) is 21.8 Å². The zero-order valence-electron chi connectivity index (χ0n) is 8.08. The van der Waals surface area contributed by atoms with Crippen molar-refractivity contribution in [3.05, 3.63) is 40.9 Å². The molecule has 1 heterocycles. The fraction of sp³-hybridized carbons (Fsp3) is 0. The van der Waals surface area contributed by atoms with E-state index in [-0.39, 0.29) is 5.91 Å². The summed E-state index contributed by atoms with van der Waals surface area (Å²) in [7, 11) is 0. The number of carbonyl (C=O) groups excluding carboxylic acids is 2. The van der Waals surface area contributed by atoms with Crippen molar-refractivity contribution in [1.29, 1.82) is 0 Å². The van der Waals surface area contributed by atoms with Gasteiger partial charge in [0, 0.05) is 11.3 Å². The van der Waals surface area contributed by atoms with E-state index in [9.17, 15) is 9.59 Å². The number of hydrogen-bond donors (Lipinski definition) is 1. The van der Waals surface area contributed by atoms with E-state index in [1.807, 2.05) is 0 Å². The van der Waals surface area contributed by atoms with E-state index in [2.05, 4.69) is 14.9 Å². The Morgan fingerprint density at radius 2 is 2.06 bits per heavy atom. The summed E-state index contributed by atoms with van der Waals surface area (Å²) >= 11 is 1.03. The lowest BCUT2D eigenvalue weighted by molar-refractivity contribution is 0.103. The fourth-order valence-electron chi connectivity index (χ4n) is 1.10. The van der Waals surface area contributed by atoms with Crippen LogP contribution in [0.25, 0.3) is 0 Å². The lowest BCUT2D eigenvalue weighted by Gasteiger charge is -2.02. The number of rotatable bonds is 3. The van der Waals surface area contributed by atoms with E-state index in [1.165, 1.54) is 6.20 Å². The first-order chi connectivity index (χ1) is 7.79. The molecule has 0 aliphatic carbocycles. The third-order valence-electron chi connectivity index (χ3n) is 1.89. The number of aldehydes is 1. The highest BCUT2D eigenvalue weighted by atomic mass is 32.1. The molecule has 1 aromatic carbocycles. The molecule has 0 bridgehead atoms. The third kappa shape index (κ3) is 2.29. The molecule has 6 heteroatoms. The van der Waals surface area contributed by atoms with Crippen LogP contribution in [0, 0.1) is 0 Å². The largest absolute Gasteiger partial charge is 0.321 e. The summed E-state index contributed by atoms with van der Waals surface area (Å²) in [5.74, 6) is -0.256. The van der Waals surface area contributed by atoms with Crippen LogP contribution in [0.3, 0.4) is 0 Å². The summed E-state index contributed by atoms with van der Waals surface area (Å²) in [4.78, 5) is 22.4. The molecule has 0 spiro atoms. The van der Waals surface area contributed by atoms with Gasteiger partial charge in [-0.15, -0.1) is 5.10 Å². The van der Waals surface area contributed by atoms with E-state index >= 15 is 0 Å². The van der Waals surface area contributed by atoms with Gasteiger partial charge >= 0.3 is 0 Å². The Morgan fingerprint density at radius 1 is 1.31 bits per heavy atom. The van der Waals surface area contributed by atoms with Gasteiger partial charge in [-0.1, -0.05) is 4.49 Å². The molecule has 5 nitrogen and oxygen atoms in total. The van der Waals surface area contributed by atoms with E-state index in [0.29, 0.717) is 16.1 Å². The Morgan fingerprint density at radius 3 is 2.62 bits per heavy atom. The van der Waals surface area contributed by atoms with Gasteiger partial charge in [0.2, 0.25) is 0 Å². The van der Waals surface area contributed by atoms with E-state index in [4.69, 9.17) is 0 Å². The molecule has 16 heavy (non-hydrogen) atoms. The van der Waals surface area contributed by atoms with Gasteiger partial charge in [-0.05, 0) is 35.8 Å². The van der Waals surface area contributed by atoms with Crippen LogP contribution in [0.2, 0.25) is 0 Å². The Balaban J connectivity index is 2.09. The van der Waals surface area contributed by atoms with E-state index < -0.39 is 0 Å². The summed E-state index contributed by atoms with van der Waals surface area (Å²) in [6.07, 6.45) is 2.15. The molecule has 0 radical (unpaired) electrons. The molecule has 80 valence electrons. The van der Waals surface area contributed by atoms with Crippen LogP contribution >= 0.6 is 11.5 Å². The van der Waals surface area contributed by atoms with Gasteiger partial charge in [-0.25, -0.2) is 0 Å². The molecule has 0 unspecified atom stereocenters. The average molecular weight is 233 g/mol. The molecule has 0 saturated carbocycles. The molecule has 1 amide bonds. The SMILES string of the molecule is O=Cc1ccc(NC(=O)c2cnns2)cc1. The number of nitrogens with one attached hydrogen (secondary N) is 1. The predicted molar refractivity (Wildman–Crippen MR) is 59.7 cm³/mol. The summed E-state index contributed by atoms with van der Waals surface area (Å²) in [6.45, 7) is 0. The second kappa shape index (κ2) is 4.63. The minimum absolute atomic E-state index is 0.256. The van der Waals surface area contributed by atoms with Crippen LogP contribution in [0.15, 0.2) is 30.5 Å². The van der Waals surface area contributed by atoms with Crippen molar-refractivity contribution < 1.29 is 9.59 Å². The first-order valence-electron chi connectivity index (χ1n) is 4.43. The quantitative estimate of drug-likeness (QED) is 0.817. The minimum Gasteiger partial charge on any atom is -0.321 e. The third-order valence-corrected chi connectivity index (χ3v) is 2.55. The molecule has 2 aromatic rings. The highest BCUT2D eigenvalue weighted by Gasteiger charge is 2.08. The molecule has 2 rings (SSSR count). The molecule has 0 aliphatic heterocycles. The summed E-state index contributed by atoms with van der Waals surface area (Å²) < 4.78 is 3.60. The van der Waals surface area contributed by atoms with Crippen molar-refractivity contribution in [3.8, 4) is 0 Å². The monoisotopic (exact) mass is 233 g/mol. The molecular weight excluding hydrogens is 226 g/mol. The molecule has 1 N–H and O–H groups in total. The van der Waals surface area contributed by atoms with E-state index in [1.54, 1.807) is 24.3 Å². The lowest BCUT2D eigenvalue weighted by atomic mass is 10.2. The van der Waals surface area contributed by atoms with Crippen molar-refractivity contribution in [2.75, 3.05) is 5.32 Å². The topological polar surface area (TPSA) is 72.0 Å². The van der Waals surface area contributed by atoms with Crippen LogP contribution in [0.5, 0.6) is 0 Å². The Labute approximate surface area is 95.3 Å². The maximum atomic E-state index is 11.6.